The molecule has 0 radical (unpaired) electrons. The molecule has 4 rings (SSSR count). The number of likely N-dealkylation sites (tertiary alicyclic amines) is 1. The number of aliphatic hydroxyl groups is 1. The van der Waals surface area contributed by atoms with Gasteiger partial charge >= 0.3 is 6.18 Å². The van der Waals surface area contributed by atoms with E-state index in [1.165, 1.54) is 17.1 Å². The van der Waals surface area contributed by atoms with Crippen molar-refractivity contribution in [2.24, 2.45) is 11.1 Å². The van der Waals surface area contributed by atoms with Gasteiger partial charge in [-0.2, -0.15) is 13.2 Å². The maximum absolute atomic E-state index is 13.6. The molecule has 9 nitrogen and oxygen atoms in total. The number of rotatable bonds is 11. The minimum atomic E-state index is -4.40. The molecule has 0 spiro atoms. The van der Waals surface area contributed by atoms with Crippen molar-refractivity contribution in [3.8, 4) is 11.8 Å². The van der Waals surface area contributed by atoms with Crippen LogP contribution in [0.1, 0.15) is 32.6 Å². The SMILES string of the molecule is CCCN(C)C(O)CN1CCC(NC2C=CC=C3C2C=C(C#CCNC2C=CC(S(N)(=O)=O)=CC2)N3CC(F)(F)F)CC1. The lowest BCUT2D eigenvalue weighted by Gasteiger charge is -2.38. The molecule has 0 aromatic heterocycles. The van der Waals surface area contributed by atoms with Gasteiger partial charge < -0.3 is 15.3 Å². The van der Waals surface area contributed by atoms with Crippen LogP contribution in [0, 0.1) is 17.8 Å². The van der Waals surface area contributed by atoms with Gasteiger partial charge in [-0.25, -0.2) is 13.6 Å². The van der Waals surface area contributed by atoms with Gasteiger partial charge in [0.25, 0.3) is 0 Å². The highest BCUT2D eigenvalue weighted by atomic mass is 32.2. The van der Waals surface area contributed by atoms with Crippen LogP contribution >= 0.6 is 0 Å². The van der Waals surface area contributed by atoms with E-state index in [1.54, 1.807) is 12.2 Å². The average molecular weight is 625 g/mol. The van der Waals surface area contributed by atoms with E-state index in [2.05, 4.69) is 34.3 Å². The third-order valence-electron chi connectivity index (χ3n) is 8.18. The number of halogens is 3. The summed E-state index contributed by atoms with van der Waals surface area (Å²) < 4.78 is 63.7. The predicted octanol–water partition coefficient (Wildman–Crippen LogP) is 1.99. The number of nitrogens with two attached hydrogens (primary N) is 1. The molecule has 0 saturated carbocycles. The van der Waals surface area contributed by atoms with Crippen LogP contribution in [0.25, 0.3) is 0 Å². The highest BCUT2D eigenvalue weighted by Gasteiger charge is 2.41. The molecule has 238 valence electrons. The summed E-state index contributed by atoms with van der Waals surface area (Å²) in [6.45, 7) is 4.30. The number of nitrogens with zero attached hydrogens (tertiary/aromatic N) is 3. The maximum atomic E-state index is 13.6. The molecular weight excluding hydrogens is 581 g/mol. The molecule has 5 N–H and O–H groups in total. The maximum Gasteiger partial charge on any atom is 0.406 e. The van der Waals surface area contributed by atoms with E-state index in [4.69, 9.17) is 5.14 Å². The van der Waals surface area contributed by atoms with E-state index in [0.29, 0.717) is 24.4 Å². The molecule has 1 saturated heterocycles. The molecule has 2 aliphatic carbocycles. The molecule has 2 aliphatic heterocycles. The van der Waals surface area contributed by atoms with Crippen LogP contribution in [0.4, 0.5) is 13.2 Å². The summed E-state index contributed by atoms with van der Waals surface area (Å²) in [5, 5.41) is 22.4. The summed E-state index contributed by atoms with van der Waals surface area (Å²) in [7, 11) is -1.83. The van der Waals surface area contributed by atoms with Crippen molar-refractivity contribution in [1.29, 1.82) is 0 Å². The van der Waals surface area contributed by atoms with Gasteiger partial charge in [-0.1, -0.05) is 37.1 Å². The Labute approximate surface area is 253 Å². The quantitative estimate of drug-likeness (QED) is 0.204. The Kier molecular flexibility index (Phi) is 11.3. The largest absolute Gasteiger partial charge is 0.406 e. The number of fused-ring (bicyclic) bond motifs is 1. The number of alkyl halides is 3. The second-order valence-electron chi connectivity index (χ2n) is 11.5. The van der Waals surface area contributed by atoms with Gasteiger partial charge in [-0.3, -0.25) is 15.1 Å². The first-order valence-corrected chi connectivity index (χ1v) is 16.3. The van der Waals surface area contributed by atoms with E-state index in [9.17, 15) is 26.7 Å². The van der Waals surface area contributed by atoms with Crippen molar-refractivity contribution in [1.82, 2.24) is 25.3 Å². The molecule has 4 aliphatic rings. The second kappa shape index (κ2) is 14.6. The molecule has 0 aromatic rings. The average Bonchev–Trinajstić information content (AvgIpc) is 3.28. The number of hydrogen-bond donors (Lipinski definition) is 4. The monoisotopic (exact) mass is 624 g/mol. The van der Waals surface area contributed by atoms with Crippen molar-refractivity contribution < 1.29 is 26.7 Å². The van der Waals surface area contributed by atoms with E-state index >= 15 is 0 Å². The van der Waals surface area contributed by atoms with Gasteiger partial charge in [0, 0.05) is 42.8 Å². The number of hydrogen-bond acceptors (Lipinski definition) is 8. The summed E-state index contributed by atoms with van der Waals surface area (Å²) in [4.78, 5) is 5.53. The van der Waals surface area contributed by atoms with E-state index in [-0.39, 0.29) is 35.5 Å². The smallest absolute Gasteiger partial charge is 0.377 e. The Hall–Kier alpha value is -2.44. The molecule has 4 unspecified atom stereocenters. The molecule has 2 heterocycles. The summed E-state index contributed by atoms with van der Waals surface area (Å²) in [6, 6.07) is -0.0938. The molecule has 4 atom stereocenters. The molecular formula is C30H43F3N6O3S. The Morgan fingerprint density at radius 2 is 2.00 bits per heavy atom. The molecule has 0 aromatic carbocycles. The van der Waals surface area contributed by atoms with Gasteiger partial charge in [-0.15, -0.1) is 0 Å². The Morgan fingerprint density at radius 3 is 2.63 bits per heavy atom. The molecule has 1 fully saturated rings. The lowest BCUT2D eigenvalue weighted by molar-refractivity contribution is -0.137. The van der Waals surface area contributed by atoms with Gasteiger partial charge in [0.2, 0.25) is 10.0 Å². The zero-order valence-electron chi connectivity index (χ0n) is 24.7. The number of β-amino-alcohol motifs (C(OH)–C–C–N with tert-alkyl or cyclic N) is 1. The molecule has 0 bridgehead atoms. The molecule has 13 heteroatoms. The van der Waals surface area contributed by atoms with Crippen LogP contribution in [0.15, 0.2) is 58.8 Å². The summed E-state index contributed by atoms with van der Waals surface area (Å²) in [5.74, 6) is 5.61. The number of aliphatic hydroxyl groups excluding tert-OH is 1. The molecule has 0 amide bonds. The van der Waals surface area contributed by atoms with Crippen LogP contribution in [-0.4, -0.2) is 105 Å². The first kappa shape index (κ1) is 33.5. The van der Waals surface area contributed by atoms with Gasteiger partial charge in [0.15, 0.2) is 0 Å². The zero-order chi connectivity index (χ0) is 31.2. The number of likely N-dealkylation sites (N-methyl/N-ethyl adjacent to an activating group) is 1. The highest BCUT2D eigenvalue weighted by Crippen LogP contribution is 2.38. The third kappa shape index (κ3) is 9.52. The fourth-order valence-corrected chi connectivity index (χ4v) is 6.47. The van der Waals surface area contributed by atoms with Crippen molar-refractivity contribution in [3.63, 3.8) is 0 Å². The van der Waals surface area contributed by atoms with Crippen molar-refractivity contribution in [2.45, 2.75) is 63.1 Å². The summed E-state index contributed by atoms with van der Waals surface area (Å²) >= 11 is 0. The van der Waals surface area contributed by atoms with Crippen molar-refractivity contribution >= 4 is 10.0 Å². The number of allylic oxidation sites excluding steroid dienone is 4. The zero-order valence-corrected chi connectivity index (χ0v) is 25.5. The normalized spacial score (nSPS) is 25.6. The van der Waals surface area contributed by atoms with Gasteiger partial charge in [0.05, 0.1) is 17.1 Å². The Bertz CT molecular complexity index is 1310. The fraction of sp³-hybridized carbons (Fsp3) is 0.600. The van der Waals surface area contributed by atoms with Crippen LogP contribution in [0.3, 0.4) is 0 Å². The first-order valence-electron chi connectivity index (χ1n) is 14.8. The predicted molar refractivity (Wildman–Crippen MR) is 161 cm³/mol. The standard InChI is InChI=1S/C30H43F3N6O3S/c1-3-16-37(2)29(40)20-38-17-13-23(14-18-38)36-27-7-4-8-28-26(27)19-24(39(28)21-30(31,32)33)6-5-15-35-22-9-11-25(12-10-22)43(34,41)42/h4,7-9,11-12,19,22-23,26-27,29,35-36,40H,3,10,13-18,20-21H2,1-2H3,(H2,34,41,42). The molecule has 43 heavy (non-hydrogen) atoms. The topological polar surface area (TPSA) is 114 Å². The van der Waals surface area contributed by atoms with Crippen molar-refractivity contribution in [2.75, 3.05) is 46.3 Å². The second-order valence-corrected chi connectivity index (χ2v) is 13.1. The van der Waals surface area contributed by atoms with Crippen LogP contribution < -0.4 is 15.8 Å². The van der Waals surface area contributed by atoms with Gasteiger partial charge in [0.1, 0.15) is 12.8 Å². The summed E-state index contributed by atoms with van der Waals surface area (Å²) in [6.07, 6.45) is 10.3. The lowest BCUT2D eigenvalue weighted by atomic mass is 9.91. The van der Waals surface area contributed by atoms with Crippen LogP contribution in [0.2, 0.25) is 0 Å². The highest BCUT2D eigenvalue weighted by molar-refractivity contribution is 7.93. The number of sulfonamides is 1. The van der Waals surface area contributed by atoms with E-state index in [0.717, 1.165) is 38.9 Å². The third-order valence-corrected chi connectivity index (χ3v) is 9.14. The fourth-order valence-electron chi connectivity index (χ4n) is 5.88. The first-order chi connectivity index (χ1) is 20.3. The van der Waals surface area contributed by atoms with Crippen LogP contribution in [-0.2, 0) is 10.0 Å². The Balaban J connectivity index is 1.35. The van der Waals surface area contributed by atoms with Gasteiger partial charge in [-0.05, 0) is 70.0 Å². The summed E-state index contributed by atoms with van der Waals surface area (Å²) in [5.41, 5.74) is 0.895. The van der Waals surface area contributed by atoms with Crippen molar-refractivity contribution in [3.05, 3.63) is 58.8 Å². The number of piperidine rings is 1. The lowest BCUT2D eigenvalue weighted by Crippen LogP contribution is -2.51. The number of nitrogens with one attached hydrogen (secondary N) is 2. The Morgan fingerprint density at radius 1 is 1.26 bits per heavy atom. The van der Waals surface area contributed by atoms with E-state index < -0.39 is 29.0 Å². The van der Waals surface area contributed by atoms with E-state index in [1.807, 2.05) is 30.2 Å². The minimum absolute atomic E-state index is 0.0581. The minimum Gasteiger partial charge on any atom is -0.377 e. The number of primary sulfonamides is 1. The van der Waals surface area contributed by atoms with Crippen LogP contribution in [0.5, 0.6) is 0 Å².